The molecule has 0 aliphatic rings. The Balaban J connectivity index is 2.10. The molecule has 26 heavy (non-hydrogen) atoms. The fraction of sp³-hybridized carbons (Fsp3) is 0.188. The first-order valence-electron chi connectivity index (χ1n) is 7.25. The van der Waals surface area contributed by atoms with E-state index >= 15 is 0 Å². The average Bonchev–Trinajstić information content (AvgIpc) is 2.54. The Morgan fingerprint density at radius 1 is 1.00 bits per heavy atom. The standard InChI is InChI=1S/C16H14F4N2O3S/c1-26(24,25)22(15-5-3-11(17)9-14(15)20)7-6-21-16(23)10-2-4-12(18)13(19)8-10/h2-5,8-9H,6-7H2,1H3,(H,21,23). The van der Waals surface area contributed by atoms with Gasteiger partial charge in [0.1, 0.15) is 11.6 Å². The SMILES string of the molecule is CS(=O)(=O)N(CCNC(=O)c1ccc(F)c(F)c1)c1ccc(F)cc1F. The lowest BCUT2D eigenvalue weighted by atomic mass is 10.2. The minimum Gasteiger partial charge on any atom is -0.350 e. The second-order valence-corrected chi connectivity index (χ2v) is 7.22. The van der Waals surface area contributed by atoms with Crippen molar-refractivity contribution in [2.24, 2.45) is 0 Å². The van der Waals surface area contributed by atoms with Gasteiger partial charge in [-0.05, 0) is 30.3 Å². The van der Waals surface area contributed by atoms with Crippen molar-refractivity contribution in [1.29, 1.82) is 0 Å². The second kappa shape index (κ2) is 7.73. The number of nitrogens with one attached hydrogen (secondary N) is 1. The topological polar surface area (TPSA) is 66.5 Å². The summed E-state index contributed by atoms with van der Waals surface area (Å²) in [6.45, 7) is -0.599. The zero-order valence-corrected chi connectivity index (χ0v) is 14.3. The van der Waals surface area contributed by atoms with Gasteiger partial charge in [-0.1, -0.05) is 0 Å². The Morgan fingerprint density at radius 3 is 2.27 bits per heavy atom. The number of rotatable bonds is 6. The monoisotopic (exact) mass is 390 g/mol. The van der Waals surface area contributed by atoms with Crippen molar-refractivity contribution in [2.75, 3.05) is 23.7 Å². The first-order valence-corrected chi connectivity index (χ1v) is 9.10. The molecule has 2 aromatic rings. The Morgan fingerprint density at radius 2 is 1.69 bits per heavy atom. The number of halogens is 4. The number of sulfonamides is 1. The molecule has 0 aliphatic heterocycles. The highest BCUT2D eigenvalue weighted by atomic mass is 32.2. The smallest absolute Gasteiger partial charge is 0.251 e. The second-order valence-electron chi connectivity index (χ2n) is 5.32. The van der Waals surface area contributed by atoms with Gasteiger partial charge in [0.15, 0.2) is 11.6 Å². The maximum absolute atomic E-state index is 13.9. The third-order valence-electron chi connectivity index (χ3n) is 3.36. The molecule has 0 spiro atoms. The Labute approximate surface area is 147 Å². The predicted molar refractivity (Wildman–Crippen MR) is 87.2 cm³/mol. The summed E-state index contributed by atoms with van der Waals surface area (Å²) in [6.07, 6.45) is 0.826. The lowest BCUT2D eigenvalue weighted by Crippen LogP contribution is -2.38. The number of hydrogen-bond acceptors (Lipinski definition) is 3. The van der Waals surface area contributed by atoms with Crippen LogP contribution in [0, 0.1) is 23.3 Å². The first-order chi connectivity index (χ1) is 12.1. The highest BCUT2D eigenvalue weighted by Crippen LogP contribution is 2.22. The van der Waals surface area contributed by atoms with Crippen molar-refractivity contribution in [3.63, 3.8) is 0 Å². The van der Waals surface area contributed by atoms with E-state index in [0.717, 1.165) is 30.5 Å². The van der Waals surface area contributed by atoms with Crippen LogP contribution in [0.3, 0.4) is 0 Å². The van der Waals surface area contributed by atoms with Crippen LogP contribution in [0.1, 0.15) is 10.4 Å². The van der Waals surface area contributed by atoms with Crippen molar-refractivity contribution < 1.29 is 30.8 Å². The fourth-order valence-corrected chi connectivity index (χ4v) is 3.09. The lowest BCUT2D eigenvalue weighted by molar-refractivity contribution is 0.0954. The number of amides is 1. The predicted octanol–water partition coefficient (Wildman–Crippen LogP) is 2.44. The number of benzene rings is 2. The van der Waals surface area contributed by atoms with E-state index in [-0.39, 0.29) is 24.3 Å². The minimum absolute atomic E-state index is 0.164. The third-order valence-corrected chi connectivity index (χ3v) is 4.54. The van der Waals surface area contributed by atoms with E-state index in [4.69, 9.17) is 0 Å². The van der Waals surface area contributed by atoms with E-state index in [2.05, 4.69) is 5.32 Å². The summed E-state index contributed by atoms with van der Waals surface area (Å²) < 4.78 is 77.2. The molecule has 2 rings (SSSR count). The molecule has 0 bridgehead atoms. The van der Waals surface area contributed by atoms with Crippen molar-refractivity contribution in [3.8, 4) is 0 Å². The molecule has 1 N–H and O–H groups in total. The highest BCUT2D eigenvalue weighted by Gasteiger charge is 2.21. The number of carbonyl (C=O) groups excluding carboxylic acids is 1. The van der Waals surface area contributed by atoms with Crippen LogP contribution in [0.4, 0.5) is 23.2 Å². The van der Waals surface area contributed by atoms with Crippen molar-refractivity contribution in [2.45, 2.75) is 0 Å². The number of nitrogens with zero attached hydrogens (tertiary/aromatic N) is 1. The van der Waals surface area contributed by atoms with Gasteiger partial charge in [-0.25, -0.2) is 26.0 Å². The fourth-order valence-electron chi connectivity index (χ4n) is 2.16. The van der Waals surface area contributed by atoms with Gasteiger partial charge in [-0.15, -0.1) is 0 Å². The zero-order chi connectivity index (χ0) is 19.5. The van der Waals surface area contributed by atoms with Gasteiger partial charge in [0.05, 0.1) is 18.5 Å². The molecule has 0 radical (unpaired) electrons. The van der Waals surface area contributed by atoms with E-state index < -0.39 is 39.2 Å². The van der Waals surface area contributed by atoms with Gasteiger partial charge in [0.2, 0.25) is 10.0 Å². The molecule has 5 nitrogen and oxygen atoms in total. The highest BCUT2D eigenvalue weighted by molar-refractivity contribution is 7.92. The quantitative estimate of drug-likeness (QED) is 0.771. The summed E-state index contributed by atoms with van der Waals surface area (Å²) in [5.74, 6) is -5.04. The molecule has 0 saturated carbocycles. The molecule has 1 amide bonds. The zero-order valence-electron chi connectivity index (χ0n) is 13.5. The van der Waals surface area contributed by atoms with Crippen LogP contribution in [-0.4, -0.2) is 33.7 Å². The van der Waals surface area contributed by atoms with Crippen LogP contribution in [0.5, 0.6) is 0 Å². The van der Waals surface area contributed by atoms with Gasteiger partial charge < -0.3 is 5.32 Å². The molecule has 0 unspecified atom stereocenters. The summed E-state index contributed by atoms with van der Waals surface area (Å²) in [5.41, 5.74) is -0.543. The van der Waals surface area contributed by atoms with E-state index in [9.17, 15) is 30.8 Å². The normalized spacial score (nSPS) is 11.3. The molecular weight excluding hydrogens is 376 g/mol. The van der Waals surface area contributed by atoms with Crippen LogP contribution >= 0.6 is 0 Å². The molecule has 10 heteroatoms. The molecule has 0 fully saturated rings. The van der Waals surface area contributed by atoms with E-state index in [1.165, 1.54) is 0 Å². The number of anilines is 1. The van der Waals surface area contributed by atoms with Gasteiger partial charge in [0, 0.05) is 18.2 Å². The molecule has 0 heterocycles. The Bertz CT molecular complexity index is 935. The summed E-state index contributed by atoms with van der Waals surface area (Å²) in [5, 5.41) is 2.32. The van der Waals surface area contributed by atoms with E-state index in [1.807, 2.05) is 0 Å². The first kappa shape index (κ1) is 19.7. The van der Waals surface area contributed by atoms with Crippen LogP contribution < -0.4 is 9.62 Å². The van der Waals surface area contributed by atoms with Gasteiger partial charge in [-0.2, -0.15) is 0 Å². The molecule has 140 valence electrons. The molecule has 0 aromatic heterocycles. The maximum atomic E-state index is 13.9. The van der Waals surface area contributed by atoms with Crippen LogP contribution in [-0.2, 0) is 10.0 Å². The number of carbonyl (C=O) groups is 1. The molecular formula is C16H14F4N2O3S. The van der Waals surface area contributed by atoms with Gasteiger partial charge in [0.25, 0.3) is 5.91 Å². The van der Waals surface area contributed by atoms with E-state index in [0.29, 0.717) is 16.4 Å². The minimum atomic E-state index is -3.92. The van der Waals surface area contributed by atoms with Crippen molar-refractivity contribution in [3.05, 3.63) is 65.2 Å². The van der Waals surface area contributed by atoms with E-state index in [1.54, 1.807) is 0 Å². The van der Waals surface area contributed by atoms with Crippen molar-refractivity contribution in [1.82, 2.24) is 5.32 Å². The molecule has 0 atom stereocenters. The molecule has 0 aliphatic carbocycles. The van der Waals surface area contributed by atoms with Crippen LogP contribution in [0.25, 0.3) is 0 Å². The Hall–Kier alpha value is -2.62. The van der Waals surface area contributed by atoms with Crippen LogP contribution in [0.15, 0.2) is 36.4 Å². The van der Waals surface area contributed by atoms with Gasteiger partial charge >= 0.3 is 0 Å². The van der Waals surface area contributed by atoms with Crippen LogP contribution in [0.2, 0.25) is 0 Å². The largest absolute Gasteiger partial charge is 0.350 e. The summed E-state index contributed by atoms with van der Waals surface area (Å²) in [7, 11) is -3.92. The summed E-state index contributed by atoms with van der Waals surface area (Å²) in [4.78, 5) is 11.9. The maximum Gasteiger partial charge on any atom is 0.251 e. The van der Waals surface area contributed by atoms with Crippen molar-refractivity contribution >= 4 is 21.6 Å². The van der Waals surface area contributed by atoms with Gasteiger partial charge in [-0.3, -0.25) is 9.10 Å². The third kappa shape index (κ3) is 4.72. The molecule has 0 saturated heterocycles. The molecule has 2 aromatic carbocycles. The summed E-state index contributed by atoms with van der Waals surface area (Å²) in [6, 6.07) is 4.92. The summed E-state index contributed by atoms with van der Waals surface area (Å²) >= 11 is 0. The lowest BCUT2D eigenvalue weighted by Gasteiger charge is -2.23. The Kier molecular flexibility index (Phi) is 5.86. The average molecular weight is 390 g/mol. The number of hydrogen-bond donors (Lipinski definition) is 1.